The van der Waals surface area contributed by atoms with E-state index in [2.05, 4.69) is 42.2 Å². The Morgan fingerprint density at radius 2 is 2.00 bits per heavy atom. The monoisotopic (exact) mass is 217 g/mol. The fourth-order valence-electron chi connectivity index (χ4n) is 3.08. The molecule has 3 rings (SSSR count). The van der Waals surface area contributed by atoms with Crippen molar-refractivity contribution in [2.75, 3.05) is 6.61 Å². The molecule has 2 aliphatic heterocycles. The molecule has 0 amide bonds. The van der Waals surface area contributed by atoms with Gasteiger partial charge in [0.1, 0.15) is 6.23 Å². The van der Waals surface area contributed by atoms with Crippen LogP contribution in [0.4, 0.5) is 0 Å². The quantitative estimate of drug-likeness (QED) is 0.717. The van der Waals surface area contributed by atoms with Gasteiger partial charge in [0.15, 0.2) is 0 Å². The van der Waals surface area contributed by atoms with Crippen molar-refractivity contribution in [2.45, 2.75) is 44.5 Å². The highest BCUT2D eigenvalue weighted by molar-refractivity contribution is 5.20. The molecule has 0 bridgehead atoms. The van der Waals surface area contributed by atoms with Crippen LogP contribution in [0.15, 0.2) is 30.3 Å². The first-order valence-electron chi connectivity index (χ1n) is 6.30. The number of fused-ring (bicyclic) bond motifs is 1. The third-order valence-electron chi connectivity index (χ3n) is 3.91. The van der Waals surface area contributed by atoms with Gasteiger partial charge in [-0.2, -0.15) is 0 Å². The average Bonchev–Trinajstić information content (AvgIpc) is 2.75. The standard InChI is InChI=1S/C14H19NO/c1-11-6-5-9-14-15(11)13(10-16-14)12-7-3-2-4-8-12/h2-4,7-8,11,13-14H,5-6,9-10H2,1H3/t11-,13-,14-/m0/s1. The van der Waals surface area contributed by atoms with E-state index in [0.29, 0.717) is 18.3 Å². The lowest BCUT2D eigenvalue weighted by atomic mass is 9.98. The zero-order valence-corrected chi connectivity index (χ0v) is 9.80. The Kier molecular flexibility index (Phi) is 2.70. The van der Waals surface area contributed by atoms with Crippen LogP contribution in [-0.2, 0) is 4.74 Å². The van der Waals surface area contributed by atoms with Gasteiger partial charge in [-0.1, -0.05) is 30.3 Å². The van der Waals surface area contributed by atoms with Crippen LogP contribution >= 0.6 is 0 Å². The van der Waals surface area contributed by atoms with Gasteiger partial charge in [-0.25, -0.2) is 0 Å². The molecule has 16 heavy (non-hydrogen) atoms. The van der Waals surface area contributed by atoms with Gasteiger partial charge in [-0.3, -0.25) is 4.90 Å². The third-order valence-corrected chi connectivity index (χ3v) is 3.91. The fourth-order valence-corrected chi connectivity index (χ4v) is 3.08. The molecule has 0 radical (unpaired) electrons. The van der Waals surface area contributed by atoms with Crippen molar-refractivity contribution in [2.24, 2.45) is 0 Å². The van der Waals surface area contributed by atoms with Crippen LogP contribution in [0.3, 0.4) is 0 Å². The summed E-state index contributed by atoms with van der Waals surface area (Å²) >= 11 is 0. The van der Waals surface area contributed by atoms with Crippen molar-refractivity contribution in [1.82, 2.24) is 4.90 Å². The Morgan fingerprint density at radius 1 is 1.19 bits per heavy atom. The summed E-state index contributed by atoms with van der Waals surface area (Å²) in [5.74, 6) is 0. The molecular formula is C14H19NO. The summed E-state index contributed by atoms with van der Waals surface area (Å²) < 4.78 is 5.92. The second kappa shape index (κ2) is 4.19. The lowest BCUT2D eigenvalue weighted by molar-refractivity contribution is -0.0211. The van der Waals surface area contributed by atoms with Crippen LogP contribution < -0.4 is 0 Å². The van der Waals surface area contributed by atoms with Crippen LogP contribution in [0, 0.1) is 0 Å². The maximum absolute atomic E-state index is 5.92. The lowest BCUT2D eigenvalue weighted by Gasteiger charge is -2.37. The molecule has 0 spiro atoms. The molecule has 0 aromatic heterocycles. The van der Waals surface area contributed by atoms with E-state index >= 15 is 0 Å². The number of nitrogens with zero attached hydrogens (tertiary/aromatic N) is 1. The molecule has 86 valence electrons. The van der Waals surface area contributed by atoms with E-state index in [9.17, 15) is 0 Å². The van der Waals surface area contributed by atoms with Crippen LogP contribution in [0.5, 0.6) is 0 Å². The second-order valence-corrected chi connectivity index (χ2v) is 4.94. The van der Waals surface area contributed by atoms with E-state index in [1.54, 1.807) is 0 Å². The van der Waals surface area contributed by atoms with E-state index in [-0.39, 0.29) is 0 Å². The van der Waals surface area contributed by atoms with Gasteiger partial charge in [0.25, 0.3) is 0 Å². The molecule has 0 saturated carbocycles. The summed E-state index contributed by atoms with van der Waals surface area (Å²) in [7, 11) is 0. The summed E-state index contributed by atoms with van der Waals surface area (Å²) in [5, 5.41) is 0. The molecule has 1 aromatic rings. The zero-order valence-electron chi connectivity index (χ0n) is 9.80. The minimum Gasteiger partial charge on any atom is -0.361 e. The maximum atomic E-state index is 5.92. The predicted molar refractivity (Wildman–Crippen MR) is 64.1 cm³/mol. The highest BCUT2D eigenvalue weighted by Gasteiger charge is 2.40. The predicted octanol–water partition coefficient (Wildman–Crippen LogP) is 2.96. The number of ether oxygens (including phenoxy) is 1. The van der Waals surface area contributed by atoms with E-state index in [0.717, 1.165) is 6.61 Å². The Balaban J connectivity index is 1.86. The molecule has 2 nitrogen and oxygen atoms in total. The number of piperidine rings is 1. The summed E-state index contributed by atoms with van der Waals surface area (Å²) in [5.41, 5.74) is 1.40. The Bertz CT molecular complexity index is 351. The highest BCUT2D eigenvalue weighted by Crippen LogP contribution is 2.38. The largest absolute Gasteiger partial charge is 0.361 e. The van der Waals surface area contributed by atoms with Gasteiger partial charge in [0, 0.05) is 6.04 Å². The van der Waals surface area contributed by atoms with Gasteiger partial charge < -0.3 is 4.74 Å². The SMILES string of the molecule is C[C@H]1CCC[C@@H]2OC[C@@H](c3ccccc3)N21. The first-order chi connectivity index (χ1) is 7.86. The molecular weight excluding hydrogens is 198 g/mol. The van der Waals surface area contributed by atoms with E-state index in [1.807, 2.05) is 0 Å². The normalized spacial score (nSPS) is 34.9. The second-order valence-electron chi connectivity index (χ2n) is 4.94. The minimum atomic E-state index is 0.369. The molecule has 3 atom stereocenters. The smallest absolute Gasteiger partial charge is 0.111 e. The van der Waals surface area contributed by atoms with Gasteiger partial charge >= 0.3 is 0 Å². The number of hydrogen-bond donors (Lipinski definition) is 0. The van der Waals surface area contributed by atoms with Gasteiger partial charge in [0.05, 0.1) is 12.6 Å². The minimum absolute atomic E-state index is 0.369. The molecule has 2 saturated heterocycles. The number of rotatable bonds is 1. The summed E-state index contributed by atoms with van der Waals surface area (Å²) in [6, 6.07) is 11.9. The molecule has 1 aromatic carbocycles. The number of benzene rings is 1. The van der Waals surface area contributed by atoms with Gasteiger partial charge in [0.2, 0.25) is 0 Å². The van der Waals surface area contributed by atoms with Crippen molar-refractivity contribution in [1.29, 1.82) is 0 Å². The summed E-state index contributed by atoms with van der Waals surface area (Å²) in [6.45, 7) is 3.19. The van der Waals surface area contributed by atoms with E-state index in [1.165, 1.54) is 24.8 Å². The van der Waals surface area contributed by atoms with Crippen molar-refractivity contribution in [3.8, 4) is 0 Å². The lowest BCUT2D eigenvalue weighted by Crippen LogP contribution is -2.42. The van der Waals surface area contributed by atoms with Crippen LogP contribution in [-0.4, -0.2) is 23.8 Å². The van der Waals surface area contributed by atoms with Crippen molar-refractivity contribution < 1.29 is 4.74 Å². The Labute approximate surface area is 97.2 Å². The van der Waals surface area contributed by atoms with Crippen molar-refractivity contribution >= 4 is 0 Å². The van der Waals surface area contributed by atoms with Crippen LogP contribution in [0.1, 0.15) is 37.8 Å². The van der Waals surface area contributed by atoms with Crippen LogP contribution in [0.25, 0.3) is 0 Å². The molecule has 2 fully saturated rings. The molecule has 2 heterocycles. The molecule has 0 aliphatic carbocycles. The fraction of sp³-hybridized carbons (Fsp3) is 0.571. The number of hydrogen-bond acceptors (Lipinski definition) is 2. The zero-order chi connectivity index (χ0) is 11.0. The molecule has 2 aliphatic rings. The van der Waals surface area contributed by atoms with Gasteiger partial charge in [-0.05, 0) is 31.7 Å². The first kappa shape index (κ1) is 10.3. The summed E-state index contributed by atoms with van der Waals surface area (Å²) in [4.78, 5) is 2.57. The first-order valence-corrected chi connectivity index (χ1v) is 6.30. The molecule has 0 N–H and O–H groups in total. The summed E-state index contributed by atoms with van der Waals surface area (Å²) in [6.07, 6.45) is 4.19. The van der Waals surface area contributed by atoms with E-state index < -0.39 is 0 Å². The van der Waals surface area contributed by atoms with Crippen LogP contribution in [0.2, 0.25) is 0 Å². The average molecular weight is 217 g/mol. The Hall–Kier alpha value is -0.860. The van der Waals surface area contributed by atoms with Gasteiger partial charge in [-0.15, -0.1) is 0 Å². The third kappa shape index (κ3) is 1.66. The maximum Gasteiger partial charge on any atom is 0.111 e. The molecule has 0 unspecified atom stereocenters. The topological polar surface area (TPSA) is 12.5 Å². The molecule has 2 heteroatoms. The van der Waals surface area contributed by atoms with Crippen molar-refractivity contribution in [3.05, 3.63) is 35.9 Å². The van der Waals surface area contributed by atoms with Crippen molar-refractivity contribution in [3.63, 3.8) is 0 Å². The van der Waals surface area contributed by atoms with E-state index in [4.69, 9.17) is 4.74 Å². The highest BCUT2D eigenvalue weighted by atomic mass is 16.5. The Morgan fingerprint density at radius 3 is 2.81 bits per heavy atom.